The Kier molecular flexibility index (Phi) is 5.27. The predicted octanol–water partition coefficient (Wildman–Crippen LogP) is 5.00. The maximum absolute atomic E-state index is 12.6. The number of rotatable bonds is 3. The summed E-state index contributed by atoms with van der Waals surface area (Å²) in [7, 11) is 0. The fourth-order valence-corrected chi connectivity index (χ4v) is 3.06. The number of likely N-dealkylation sites (tertiary alicyclic amines) is 1. The normalized spacial score (nSPS) is 15.4. The third kappa shape index (κ3) is 4.00. The molecule has 1 N–H and O–H groups in total. The van der Waals surface area contributed by atoms with Crippen LogP contribution in [-0.4, -0.2) is 28.9 Å². The first-order chi connectivity index (χ1) is 11.5. The van der Waals surface area contributed by atoms with Crippen LogP contribution in [-0.2, 0) is 0 Å². The topological polar surface area (TPSA) is 45.2 Å². The van der Waals surface area contributed by atoms with Crippen LogP contribution in [0.5, 0.6) is 0 Å². The maximum atomic E-state index is 12.6. The standard InChI is InChI=1S/C18H19Cl2N3O/c1-12-4-6-23(7-5-12)18(24)13-8-15(11-21-10-13)22-14-2-3-16(19)17(20)9-14/h2-3,8-12,22H,4-7H2,1H3. The van der Waals surface area contributed by atoms with Crippen molar-refractivity contribution in [1.82, 2.24) is 9.88 Å². The number of anilines is 2. The summed E-state index contributed by atoms with van der Waals surface area (Å²) < 4.78 is 0. The van der Waals surface area contributed by atoms with E-state index in [0.29, 0.717) is 21.5 Å². The third-order valence-corrected chi connectivity index (χ3v) is 5.00. The summed E-state index contributed by atoms with van der Waals surface area (Å²) in [6.07, 6.45) is 5.40. The number of hydrogen-bond donors (Lipinski definition) is 1. The number of nitrogens with zero attached hydrogens (tertiary/aromatic N) is 2. The molecule has 24 heavy (non-hydrogen) atoms. The molecule has 6 heteroatoms. The summed E-state index contributed by atoms with van der Waals surface area (Å²) in [5, 5.41) is 4.18. The Morgan fingerprint density at radius 3 is 2.58 bits per heavy atom. The first-order valence-electron chi connectivity index (χ1n) is 7.99. The second kappa shape index (κ2) is 7.41. The van der Waals surface area contributed by atoms with E-state index in [2.05, 4.69) is 17.2 Å². The Hall–Kier alpha value is -1.78. The van der Waals surface area contributed by atoms with Crippen LogP contribution < -0.4 is 5.32 Å². The van der Waals surface area contributed by atoms with E-state index in [1.807, 2.05) is 17.0 Å². The smallest absolute Gasteiger partial charge is 0.255 e. The number of carbonyl (C=O) groups excluding carboxylic acids is 1. The monoisotopic (exact) mass is 363 g/mol. The van der Waals surface area contributed by atoms with Crippen molar-refractivity contribution >= 4 is 40.5 Å². The van der Waals surface area contributed by atoms with Crippen LogP contribution in [0.3, 0.4) is 0 Å². The van der Waals surface area contributed by atoms with Gasteiger partial charge in [0.15, 0.2) is 0 Å². The van der Waals surface area contributed by atoms with E-state index in [4.69, 9.17) is 23.2 Å². The number of nitrogens with one attached hydrogen (secondary N) is 1. The quantitative estimate of drug-likeness (QED) is 0.833. The molecule has 1 fully saturated rings. The molecule has 126 valence electrons. The van der Waals surface area contributed by atoms with Crippen LogP contribution in [0.15, 0.2) is 36.7 Å². The van der Waals surface area contributed by atoms with Crippen molar-refractivity contribution in [3.63, 3.8) is 0 Å². The Labute approximate surface area is 151 Å². The second-order valence-electron chi connectivity index (χ2n) is 6.19. The lowest BCUT2D eigenvalue weighted by Gasteiger charge is -2.30. The average molecular weight is 364 g/mol. The van der Waals surface area contributed by atoms with Gasteiger partial charge in [0.25, 0.3) is 5.91 Å². The summed E-state index contributed by atoms with van der Waals surface area (Å²) in [5.74, 6) is 0.724. The van der Waals surface area contributed by atoms with Gasteiger partial charge in [-0.25, -0.2) is 0 Å². The number of aromatic nitrogens is 1. The molecular weight excluding hydrogens is 345 g/mol. The highest BCUT2D eigenvalue weighted by atomic mass is 35.5. The Balaban J connectivity index is 1.73. The molecule has 1 saturated heterocycles. The molecule has 2 aromatic rings. The average Bonchev–Trinajstić information content (AvgIpc) is 2.58. The second-order valence-corrected chi connectivity index (χ2v) is 7.01. The van der Waals surface area contributed by atoms with Crippen molar-refractivity contribution in [3.8, 4) is 0 Å². The highest BCUT2D eigenvalue weighted by molar-refractivity contribution is 6.42. The van der Waals surface area contributed by atoms with Crippen LogP contribution in [0.2, 0.25) is 10.0 Å². The van der Waals surface area contributed by atoms with E-state index >= 15 is 0 Å². The Morgan fingerprint density at radius 1 is 1.12 bits per heavy atom. The van der Waals surface area contributed by atoms with E-state index in [1.54, 1.807) is 24.5 Å². The summed E-state index contributed by atoms with van der Waals surface area (Å²) in [4.78, 5) is 18.7. The number of piperidine rings is 1. The van der Waals surface area contributed by atoms with Crippen molar-refractivity contribution in [2.45, 2.75) is 19.8 Å². The SMILES string of the molecule is CC1CCN(C(=O)c2cncc(Nc3ccc(Cl)c(Cl)c3)c2)CC1. The van der Waals surface area contributed by atoms with Crippen LogP contribution in [0.1, 0.15) is 30.1 Å². The van der Waals surface area contributed by atoms with Gasteiger partial charge in [-0.05, 0) is 43.0 Å². The number of amides is 1. The van der Waals surface area contributed by atoms with Gasteiger partial charge in [0, 0.05) is 25.0 Å². The first-order valence-corrected chi connectivity index (χ1v) is 8.75. The van der Waals surface area contributed by atoms with Crippen LogP contribution in [0.4, 0.5) is 11.4 Å². The molecule has 0 unspecified atom stereocenters. The van der Waals surface area contributed by atoms with E-state index in [0.717, 1.165) is 37.3 Å². The first kappa shape index (κ1) is 17.1. The van der Waals surface area contributed by atoms with E-state index in [-0.39, 0.29) is 5.91 Å². The fourth-order valence-electron chi connectivity index (χ4n) is 2.76. The lowest BCUT2D eigenvalue weighted by molar-refractivity contribution is 0.0697. The fraction of sp³-hybridized carbons (Fsp3) is 0.333. The van der Waals surface area contributed by atoms with Gasteiger partial charge in [0.05, 0.1) is 27.5 Å². The molecular formula is C18H19Cl2N3O. The molecule has 4 nitrogen and oxygen atoms in total. The number of pyridine rings is 1. The minimum atomic E-state index is 0.0344. The Morgan fingerprint density at radius 2 is 1.88 bits per heavy atom. The highest BCUT2D eigenvalue weighted by Gasteiger charge is 2.21. The lowest BCUT2D eigenvalue weighted by atomic mass is 9.99. The minimum Gasteiger partial charge on any atom is -0.354 e. The van der Waals surface area contributed by atoms with Gasteiger partial charge >= 0.3 is 0 Å². The van der Waals surface area contributed by atoms with E-state index in [1.165, 1.54) is 0 Å². The van der Waals surface area contributed by atoms with Crippen molar-refractivity contribution < 1.29 is 4.79 Å². The van der Waals surface area contributed by atoms with Gasteiger partial charge in [-0.15, -0.1) is 0 Å². The van der Waals surface area contributed by atoms with Crippen molar-refractivity contribution in [2.75, 3.05) is 18.4 Å². The molecule has 1 amide bonds. The molecule has 0 spiro atoms. The van der Waals surface area contributed by atoms with Crippen molar-refractivity contribution in [2.24, 2.45) is 5.92 Å². The molecule has 0 saturated carbocycles. The number of benzene rings is 1. The molecule has 1 aliphatic rings. The summed E-state index contributed by atoms with van der Waals surface area (Å²) in [6, 6.07) is 7.11. The molecule has 3 rings (SSSR count). The van der Waals surface area contributed by atoms with Gasteiger partial charge in [0.2, 0.25) is 0 Å². The summed E-state index contributed by atoms with van der Waals surface area (Å²) in [6.45, 7) is 3.85. The zero-order valence-corrected chi connectivity index (χ0v) is 14.9. The predicted molar refractivity (Wildman–Crippen MR) is 98.3 cm³/mol. The molecule has 1 aromatic carbocycles. The van der Waals surface area contributed by atoms with Gasteiger partial charge in [0.1, 0.15) is 0 Å². The van der Waals surface area contributed by atoms with Crippen LogP contribution in [0, 0.1) is 5.92 Å². The molecule has 0 atom stereocenters. The van der Waals surface area contributed by atoms with Gasteiger partial charge in [-0.2, -0.15) is 0 Å². The summed E-state index contributed by atoms with van der Waals surface area (Å²) >= 11 is 12.0. The van der Waals surface area contributed by atoms with Crippen LogP contribution >= 0.6 is 23.2 Å². The number of carbonyl (C=O) groups is 1. The zero-order chi connectivity index (χ0) is 17.1. The number of hydrogen-bond acceptors (Lipinski definition) is 3. The van der Waals surface area contributed by atoms with Crippen molar-refractivity contribution in [1.29, 1.82) is 0 Å². The van der Waals surface area contributed by atoms with Gasteiger partial charge in [-0.3, -0.25) is 9.78 Å². The Bertz CT molecular complexity index is 743. The largest absolute Gasteiger partial charge is 0.354 e. The summed E-state index contributed by atoms with van der Waals surface area (Å²) in [5.41, 5.74) is 2.13. The van der Waals surface area contributed by atoms with Crippen molar-refractivity contribution in [3.05, 3.63) is 52.3 Å². The minimum absolute atomic E-state index is 0.0344. The van der Waals surface area contributed by atoms with E-state index < -0.39 is 0 Å². The van der Waals surface area contributed by atoms with E-state index in [9.17, 15) is 4.79 Å². The highest BCUT2D eigenvalue weighted by Crippen LogP contribution is 2.27. The third-order valence-electron chi connectivity index (χ3n) is 4.26. The molecule has 1 aliphatic heterocycles. The van der Waals surface area contributed by atoms with Crippen LogP contribution in [0.25, 0.3) is 0 Å². The molecule has 2 heterocycles. The number of halogens is 2. The lowest BCUT2D eigenvalue weighted by Crippen LogP contribution is -2.37. The maximum Gasteiger partial charge on any atom is 0.255 e. The van der Waals surface area contributed by atoms with Gasteiger partial charge in [-0.1, -0.05) is 30.1 Å². The molecule has 0 aliphatic carbocycles. The molecule has 0 bridgehead atoms. The molecule has 0 radical (unpaired) electrons. The zero-order valence-electron chi connectivity index (χ0n) is 13.4. The molecule has 1 aromatic heterocycles. The van der Waals surface area contributed by atoms with Gasteiger partial charge < -0.3 is 10.2 Å².